The molecule has 7 nitrogen and oxygen atoms in total. The van der Waals surface area contributed by atoms with E-state index >= 15 is 0 Å². The number of hydrogen-bond donors (Lipinski definition) is 3. The largest absolute Gasteiger partial charge is 0.484 e. The molecule has 0 saturated heterocycles. The number of amides is 1. The van der Waals surface area contributed by atoms with Crippen LogP contribution in [0.5, 0.6) is 5.75 Å². The molecule has 0 aliphatic rings. The summed E-state index contributed by atoms with van der Waals surface area (Å²) in [7, 11) is 1.54. The molecule has 0 fully saturated rings. The lowest BCUT2D eigenvalue weighted by Gasteiger charge is -2.16. The van der Waals surface area contributed by atoms with Gasteiger partial charge in [-0.15, -0.1) is 0 Å². The number of benzene rings is 2. The molecule has 0 aromatic heterocycles. The molecule has 7 heteroatoms. The van der Waals surface area contributed by atoms with Gasteiger partial charge in [-0.1, -0.05) is 36.4 Å². The highest BCUT2D eigenvalue weighted by atomic mass is 16.5. The minimum Gasteiger partial charge on any atom is -0.484 e. The van der Waals surface area contributed by atoms with Gasteiger partial charge in [0.2, 0.25) is 0 Å². The monoisotopic (exact) mass is 355 g/mol. The van der Waals surface area contributed by atoms with Gasteiger partial charge in [-0.05, 0) is 23.3 Å². The van der Waals surface area contributed by atoms with E-state index in [1.165, 1.54) is 4.90 Å². The summed E-state index contributed by atoms with van der Waals surface area (Å²) in [6.07, 6.45) is -0.0979. The van der Waals surface area contributed by atoms with Crippen molar-refractivity contribution in [1.82, 2.24) is 4.90 Å². The van der Waals surface area contributed by atoms with Crippen molar-refractivity contribution in [2.75, 3.05) is 20.2 Å². The van der Waals surface area contributed by atoms with Crippen molar-refractivity contribution in [2.45, 2.75) is 6.42 Å². The number of rotatable bonds is 8. The first-order valence-electron chi connectivity index (χ1n) is 8.00. The Morgan fingerprint density at radius 2 is 1.62 bits per heavy atom. The number of nitrogen functional groups attached to an aromatic ring is 1. The zero-order valence-electron chi connectivity index (χ0n) is 14.4. The molecule has 2 aromatic carbocycles. The second-order valence-electron chi connectivity index (χ2n) is 5.76. The van der Waals surface area contributed by atoms with Gasteiger partial charge in [0, 0.05) is 19.2 Å². The van der Waals surface area contributed by atoms with Gasteiger partial charge >= 0.3 is 5.97 Å². The van der Waals surface area contributed by atoms with Crippen molar-refractivity contribution in [1.29, 1.82) is 5.41 Å². The fraction of sp³-hybridized carbons (Fsp3) is 0.211. The van der Waals surface area contributed by atoms with Crippen LogP contribution in [0.4, 0.5) is 0 Å². The lowest BCUT2D eigenvalue weighted by Crippen LogP contribution is -2.33. The first-order chi connectivity index (χ1) is 12.4. The Morgan fingerprint density at radius 3 is 2.12 bits per heavy atom. The molecule has 2 aromatic rings. The van der Waals surface area contributed by atoms with E-state index in [0.29, 0.717) is 11.3 Å². The van der Waals surface area contributed by atoms with Crippen LogP contribution in [-0.2, 0) is 9.59 Å². The van der Waals surface area contributed by atoms with Gasteiger partial charge in [-0.3, -0.25) is 15.0 Å². The fourth-order valence-electron chi connectivity index (χ4n) is 2.23. The Kier molecular flexibility index (Phi) is 6.32. The van der Waals surface area contributed by atoms with Crippen molar-refractivity contribution in [3.05, 3.63) is 54.1 Å². The highest BCUT2D eigenvalue weighted by Crippen LogP contribution is 2.22. The number of carbonyl (C=O) groups is 2. The van der Waals surface area contributed by atoms with Crippen molar-refractivity contribution >= 4 is 17.7 Å². The van der Waals surface area contributed by atoms with E-state index in [-0.39, 0.29) is 31.3 Å². The first-order valence-corrected chi connectivity index (χ1v) is 8.00. The highest BCUT2D eigenvalue weighted by molar-refractivity contribution is 5.95. The van der Waals surface area contributed by atoms with E-state index in [0.717, 1.165) is 11.1 Å². The summed E-state index contributed by atoms with van der Waals surface area (Å²) < 4.78 is 5.45. The highest BCUT2D eigenvalue weighted by Gasteiger charge is 2.11. The summed E-state index contributed by atoms with van der Waals surface area (Å²) in [5, 5.41) is 16.0. The summed E-state index contributed by atoms with van der Waals surface area (Å²) in [5.74, 6) is -0.653. The van der Waals surface area contributed by atoms with E-state index < -0.39 is 5.97 Å². The van der Waals surface area contributed by atoms with Crippen molar-refractivity contribution < 1.29 is 19.4 Å². The maximum Gasteiger partial charge on any atom is 0.305 e. The van der Waals surface area contributed by atoms with Crippen LogP contribution >= 0.6 is 0 Å². The van der Waals surface area contributed by atoms with Crippen LogP contribution in [0.25, 0.3) is 11.1 Å². The predicted octanol–water partition coefficient (Wildman–Crippen LogP) is 1.95. The number of likely N-dealkylation sites (N-methyl/N-ethyl adjacent to an activating group) is 1. The number of hydrogen-bond acceptors (Lipinski definition) is 4. The minimum atomic E-state index is -0.947. The summed E-state index contributed by atoms with van der Waals surface area (Å²) >= 11 is 0. The molecule has 2 rings (SSSR count). The van der Waals surface area contributed by atoms with E-state index in [9.17, 15) is 9.59 Å². The minimum absolute atomic E-state index is 0.0262. The third-order valence-electron chi connectivity index (χ3n) is 3.83. The molecule has 0 aliphatic heterocycles. The number of nitrogens with two attached hydrogens (primary N) is 1. The molecule has 0 aliphatic carbocycles. The topological polar surface area (TPSA) is 117 Å². The van der Waals surface area contributed by atoms with Crippen LogP contribution in [0.3, 0.4) is 0 Å². The van der Waals surface area contributed by atoms with Gasteiger partial charge in [0.25, 0.3) is 5.91 Å². The molecular formula is C19H21N3O4. The second-order valence-corrected chi connectivity index (χ2v) is 5.76. The van der Waals surface area contributed by atoms with Crippen LogP contribution in [-0.4, -0.2) is 47.9 Å². The lowest BCUT2D eigenvalue weighted by molar-refractivity contribution is -0.138. The smallest absolute Gasteiger partial charge is 0.305 e. The zero-order chi connectivity index (χ0) is 19.1. The molecule has 1 amide bonds. The fourth-order valence-corrected chi connectivity index (χ4v) is 2.23. The predicted molar refractivity (Wildman–Crippen MR) is 98.3 cm³/mol. The number of carbonyl (C=O) groups excluding carboxylic acids is 1. The Hall–Kier alpha value is -3.35. The Balaban J connectivity index is 1.92. The number of ether oxygens (including phenoxy) is 1. The summed E-state index contributed by atoms with van der Waals surface area (Å²) in [6.45, 7) is -0.00447. The van der Waals surface area contributed by atoms with Gasteiger partial charge < -0.3 is 20.5 Å². The summed E-state index contributed by atoms with van der Waals surface area (Å²) in [4.78, 5) is 23.7. The zero-order valence-corrected chi connectivity index (χ0v) is 14.4. The Labute approximate surface area is 151 Å². The van der Waals surface area contributed by atoms with Gasteiger partial charge in [0.05, 0.1) is 6.42 Å². The maximum atomic E-state index is 11.9. The summed E-state index contributed by atoms with van der Waals surface area (Å²) in [5.41, 5.74) is 8.06. The van der Waals surface area contributed by atoms with Gasteiger partial charge in [0.15, 0.2) is 6.61 Å². The van der Waals surface area contributed by atoms with Crippen LogP contribution in [0, 0.1) is 5.41 Å². The first kappa shape index (κ1) is 19.0. The molecule has 26 heavy (non-hydrogen) atoms. The molecule has 0 heterocycles. The van der Waals surface area contributed by atoms with Gasteiger partial charge in [-0.25, -0.2) is 0 Å². The number of amidine groups is 1. The van der Waals surface area contributed by atoms with E-state index in [4.69, 9.17) is 21.0 Å². The van der Waals surface area contributed by atoms with Crippen LogP contribution in [0.1, 0.15) is 12.0 Å². The second kappa shape index (κ2) is 8.66. The quantitative estimate of drug-likeness (QED) is 0.494. The molecule has 0 spiro atoms. The van der Waals surface area contributed by atoms with Crippen LogP contribution in [0.15, 0.2) is 48.5 Å². The average Bonchev–Trinajstić information content (AvgIpc) is 2.64. The molecular weight excluding hydrogens is 334 g/mol. The molecule has 0 bridgehead atoms. The third-order valence-corrected chi connectivity index (χ3v) is 3.83. The number of carboxylic acids is 1. The average molecular weight is 355 g/mol. The lowest BCUT2D eigenvalue weighted by atomic mass is 10.0. The van der Waals surface area contributed by atoms with Crippen LogP contribution in [0.2, 0.25) is 0 Å². The van der Waals surface area contributed by atoms with Gasteiger partial charge in [-0.2, -0.15) is 0 Å². The van der Waals surface area contributed by atoms with Gasteiger partial charge in [0.1, 0.15) is 11.6 Å². The molecule has 0 saturated carbocycles. The maximum absolute atomic E-state index is 11.9. The van der Waals surface area contributed by atoms with E-state index in [2.05, 4.69) is 0 Å². The number of carboxylic acid groups (broad SMARTS) is 1. The SMILES string of the molecule is CN(CCC(=O)O)C(=O)COc1ccc(-c2ccc(C(=N)N)cc2)cc1. The number of nitrogens with zero attached hydrogens (tertiary/aromatic N) is 1. The number of aliphatic carboxylic acids is 1. The normalized spacial score (nSPS) is 10.2. The van der Waals surface area contributed by atoms with Crippen LogP contribution < -0.4 is 10.5 Å². The molecule has 4 N–H and O–H groups in total. The third kappa shape index (κ3) is 5.34. The van der Waals surface area contributed by atoms with E-state index in [1.807, 2.05) is 24.3 Å². The summed E-state index contributed by atoms with van der Waals surface area (Å²) in [6, 6.07) is 14.6. The molecule has 0 radical (unpaired) electrons. The standard InChI is InChI=1S/C19H21N3O4/c1-22(11-10-18(24)25)17(23)12-26-16-8-6-14(7-9-16)13-2-4-15(5-3-13)19(20)21/h2-9H,10-12H2,1H3,(H3,20,21)(H,24,25). The molecule has 0 atom stereocenters. The Morgan fingerprint density at radius 1 is 1.08 bits per heavy atom. The van der Waals surface area contributed by atoms with Crippen molar-refractivity contribution in [3.8, 4) is 16.9 Å². The number of nitrogens with one attached hydrogen (secondary N) is 1. The van der Waals surface area contributed by atoms with Crippen molar-refractivity contribution in [2.24, 2.45) is 5.73 Å². The molecule has 0 unspecified atom stereocenters. The molecule has 136 valence electrons. The van der Waals surface area contributed by atoms with Crippen molar-refractivity contribution in [3.63, 3.8) is 0 Å². The van der Waals surface area contributed by atoms with E-state index in [1.54, 1.807) is 31.3 Å². The Bertz CT molecular complexity index is 785.